The number of nitrogens with zero attached hydrogens (tertiary/aromatic N) is 1. The van der Waals surface area contributed by atoms with Gasteiger partial charge in [-0.15, -0.1) is 0 Å². The zero-order valence-corrected chi connectivity index (χ0v) is 14.5. The Labute approximate surface area is 149 Å². The molecule has 0 spiro atoms. The number of halogens is 3. The van der Waals surface area contributed by atoms with Gasteiger partial charge in [-0.2, -0.15) is 13.2 Å². The highest BCUT2D eigenvalue weighted by atomic mass is 19.4. The molecule has 1 fully saturated rings. The van der Waals surface area contributed by atoms with Crippen LogP contribution < -0.4 is 10.2 Å². The average Bonchev–Trinajstić information content (AvgIpc) is 3.00. The Hall–Kier alpha value is -2.28. The SMILES string of the molecule is CCCCOc1cccc2ccc(C(N3CCC(=O)N3)C(F)(F)F)cc12. The largest absolute Gasteiger partial charge is 0.493 e. The van der Waals surface area contributed by atoms with Gasteiger partial charge in [0.25, 0.3) is 0 Å². The zero-order chi connectivity index (χ0) is 18.7. The van der Waals surface area contributed by atoms with Crippen molar-refractivity contribution in [2.75, 3.05) is 13.2 Å². The molecule has 1 amide bonds. The molecule has 4 nitrogen and oxygen atoms in total. The van der Waals surface area contributed by atoms with Gasteiger partial charge in [-0.25, -0.2) is 5.01 Å². The van der Waals surface area contributed by atoms with Gasteiger partial charge in [-0.3, -0.25) is 10.2 Å². The fourth-order valence-corrected chi connectivity index (χ4v) is 3.12. The molecule has 1 heterocycles. The van der Waals surface area contributed by atoms with Crippen molar-refractivity contribution >= 4 is 16.7 Å². The number of hydrazine groups is 1. The number of nitrogens with one attached hydrogen (secondary N) is 1. The molecule has 0 aromatic heterocycles. The summed E-state index contributed by atoms with van der Waals surface area (Å²) >= 11 is 0. The number of alkyl halides is 3. The monoisotopic (exact) mass is 366 g/mol. The third-order valence-corrected chi connectivity index (χ3v) is 4.41. The summed E-state index contributed by atoms with van der Waals surface area (Å²) in [5.74, 6) is 0.174. The molecule has 0 aliphatic carbocycles. The van der Waals surface area contributed by atoms with Crippen LogP contribution in [0.15, 0.2) is 36.4 Å². The molecule has 7 heteroatoms. The van der Waals surface area contributed by atoms with Gasteiger partial charge in [-0.05, 0) is 29.5 Å². The third kappa shape index (κ3) is 3.93. The number of unbranched alkanes of at least 4 members (excludes halogenated alkanes) is 1. The molecule has 1 unspecified atom stereocenters. The highest BCUT2D eigenvalue weighted by Crippen LogP contribution is 2.39. The predicted octanol–water partition coefficient (Wildman–Crippen LogP) is 4.36. The van der Waals surface area contributed by atoms with Crippen LogP contribution in [-0.4, -0.2) is 30.2 Å². The molecule has 0 radical (unpaired) electrons. The Morgan fingerprint density at radius 3 is 2.73 bits per heavy atom. The van der Waals surface area contributed by atoms with Crippen LogP contribution in [0.3, 0.4) is 0 Å². The van der Waals surface area contributed by atoms with Crippen molar-refractivity contribution in [2.45, 2.75) is 38.4 Å². The first-order chi connectivity index (χ1) is 12.4. The van der Waals surface area contributed by atoms with E-state index in [2.05, 4.69) is 5.43 Å². The van der Waals surface area contributed by atoms with E-state index < -0.39 is 18.1 Å². The van der Waals surface area contributed by atoms with Crippen LogP contribution in [0.4, 0.5) is 13.2 Å². The summed E-state index contributed by atoms with van der Waals surface area (Å²) in [6.45, 7) is 2.59. The van der Waals surface area contributed by atoms with E-state index in [-0.39, 0.29) is 18.5 Å². The van der Waals surface area contributed by atoms with Crippen LogP contribution in [-0.2, 0) is 4.79 Å². The van der Waals surface area contributed by atoms with Gasteiger partial charge in [-0.1, -0.05) is 37.6 Å². The Morgan fingerprint density at radius 1 is 1.27 bits per heavy atom. The van der Waals surface area contributed by atoms with Crippen LogP contribution in [0.25, 0.3) is 10.8 Å². The van der Waals surface area contributed by atoms with Crippen LogP contribution in [0, 0.1) is 0 Å². The van der Waals surface area contributed by atoms with Crippen molar-refractivity contribution in [3.8, 4) is 5.75 Å². The highest BCUT2D eigenvalue weighted by molar-refractivity contribution is 5.89. The molecule has 1 saturated heterocycles. The molecule has 1 aliphatic rings. The van der Waals surface area contributed by atoms with Crippen molar-refractivity contribution in [3.63, 3.8) is 0 Å². The summed E-state index contributed by atoms with van der Waals surface area (Å²) in [5.41, 5.74) is 2.39. The molecule has 26 heavy (non-hydrogen) atoms. The molecule has 2 aromatic carbocycles. The normalized spacial score (nSPS) is 16.7. The number of benzene rings is 2. The number of carbonyl (C=O) groups excluding carboxylic acids is 1. The van der Waals surface area contributed by atoms with Crippen molar-refractivity contribution in [1.82, 2.24) is 10.4 Å². The minimum absolute atomic E-state index is 0.0235. The van der Waals surface area contributed by atoms with E-state index in [1.807, 2.05) is 19.1 Å². The lowest BCUT2D eigenvalue weighted by molar-refractivity contribution is -0.191. The summed E-state index contributed by atoms with van der Waals surface area (Å²) in [5, 5.41) is 2.42. The minimum Gasteiger partial charge on any atom is -0.493 e. The number of ether oxygens (including phenoxy) is 1. The van der Waals surface area contributed by atoms with Crippen LogP contribution in [0.2, 0.25) is 0 Å². The molecule has 140 valence electrons. The first-order valence-corrected chi connectivity index (χ1v) is 8.68. The number of hydrogen-bond donors (Lipinski definition) is 1. The lowest BCUT2D eigenvalue weighted by atomic mass is 10.0. The van der Waals surface area contributed by atoms with E-state index in [9.17, 15) is 18.0 Å². The second-order valence-electron chi connectivity index (χ2n) is 6.36. The summed E-state index contributed by atoms with van der Waals surface area (Å²) < 4.78 is 46.9. The summed E-state index contributed by atoms with van der Waals surface area (Å²) in [7, 11) is 0. The molecular weight excluding hydrogens is 345 g/mol. The standard InChI is InChI=1S/C19H21F3N2O2/c1-2-3-11-26-16-6-4-5-13-7-8-14(12-15(13)16)18(19(20,21)22)24-10-9-17(25)23-24/h4-8,12,18H,2-3,9-11H2,1H3,(H,23,25). The van der Waals surface area contributed by atoms with Crippen LogP contribution >= 0.6 is 0 Å². The average molecular weight is 366 g/mol. The lowest BCUT2D eigenvalue weighted by Crippen LogP contribution is -2.43. The second kappa shape index (κ2) is 7.53. The number of amides is 1. The van der Waals surface area contributed by atoms with E-state index in [1.165, 1.54) is 12.1 Å². The molecule has 0 saturated carbocycles. The minimum atomic E-state index is -4.51. The number of carbonyl (C=O) groups is 1. The fourth-order valence-electron chi connectivity index (χ4n) is 3.12. The number of hydrogen-bond acceptors (Lipinski definition) is 3. The van der Waals surface area contributed by atoms with Gasteiger partial charge >= 0.3 is 6.18 Å². The van der Waals surface area contributed by atoms with Crippen LogP contribution in [0.1, 0.15) is 37.8 Å². The first-order valence-electron chi connectivity index (χ1n) is 8.68. The molecule has 0 bridgehead atoms. The van der Waals surface area contributed by atoms with Crippen molar-refractivity contribution < 1.29 is 22.7 Å². The molecule has 1 atom stereocenters. The highest BCUT2D eigenvalue weighted by Gasteiger charge is 2.47. The van der Waals surface area contributed by atoms with Gasteiger partial charge in [0, 0.05) is 18.4 Å². The van der Waals surface area contributed by atoms with Gasteiger partial charge in [0.05, 0.1) is 6.61 Å². The van der Waals surface area contributed by atoms with E-state index in [0.717, 1.165) is 23.2 Å². The van der Waals surface area contributed by atoms with E-state index >= 15 is 0 Å². The van der Waals surface area contributed by atoms with Crippen molar-refractivity contribution in [1.29, 1.82) is 0 Å². The fraction of sp³-hybridized carbons (Fsp3) is 0.421. The van der Waals surface area contributed by atoms with Crippen LogP contribution in [0.5, 0.6) is 5.75 Å². The van der Waals surface area contributed by atoms with E-state index in [0.29, 0.717) is 17.7 Å². The van der Waals surface area contributed by atoms with E-state index in [1.54, 1.807) is 12.1 Å². The summed E-state index contributed by atoms with van der Waals surface area (Å²) in [6, 6.07) is 8.18. The third-order valence-electron chi connectivity index (χ3n) is 4.41. The maximum atomic E-state index is 13.7. The number of rotatable bonds is 6. The summed E-state index contributed by atoms with van der Waals surface area (Å²) in [4.78, 5) is 11.4. The molecule has 1 aliphatic heterocycles. The molecule has 2 aromatic rings. The lowest BCUT2D eigenvalue weighted by Gasteiger charge is -2.29. The maximum absolute atomic E-state index is 13.7. The van der Waals surface area contributed by atoms with E-state index in [4.69, 9.17) is 4.74 Å². The molecular formula is C19H21F3N2O2. The second-order valence-corrected chi connectivity index (χ2v) is 6.36. The smallest absolute Gasteiger partial charge is 0.409 e. The maximum Gasteiger partial charge on any atom is 0.409 e. The Bertz CT molecular complexity index is 792. The van der Waals surface area contributed by atoms with Gasteiger partial charge in [0.15, 0.2) is 0 Å². The first kappa shape index (κ1) is 18.5. The predicted molar refractivity (Wildman–Crippen MR) is 92.6 cm³/mol. The van der Waals surface area contributed by atoms with Crippen molar-refractivity contribution in [3.05, 3.63) is 42.0 Å². The summed E-state index contributed by atoms with van der Waals surface area (Å²) in [6.07, 6.45) is -2.60. The Balaban J connectivity index is 1.99. The quantitative estimate of drug-likeness (QED) is 0.773. The van der Waals surface area contributed by atoms with Gasteiger partial charge < -0.3 is 4.74 Å². The topological polar surface area (TPSA) is 41.6 Å². The van der Waals surface area contributed by atoms with Gasteiger partial charge in [0.2, 0.25) is 5.91 Å². The van der Waals surface area contributed by atoms with Gasteiger partial charge in [0.1, 0.15) is 11.8 Å². The Kier molecular flexibility index (Phi) is 5.36. The molecule has 1 N–H and O–H groups in total. The van der Waals surface area contributed by atoms with Crippen molar-refractivity contribution in [2.24, 2.45) is 0 Å². The zero-order valence-electron chi connectivity index (χ0n) is 14.5. The number of fused-ring (bicyclic) bond motifs is 1. The molecule has 3 rings (SSSR count). The Morgan fingerprint density at radius 2 is 2.08 bits per heavy atom.